The Balaban J connectivity index is 2.86. The van der Waals surface area contributed by atoms with E-state index < -0.39 is 28.9 Å². The van der Waals surface area contributed by atoms with E-state index in [1.165, 1.54) is 7.11 Å². The minimum Gasteiger partial charge on any atom is -0.383 e. The highest BCUT2D eigenvalue weighted by Gasteiger charge is 2.19. The van der Waals surface area contributed by atoms with Crippen molar-refractivity contribution in [1.29, 1.82) is 0 Å². The number of carbonyl (C=O) groups is 1. The molecule has 94 valence electrons. The predicted octanol–water partition coefficient (Wildman–Crippen LogP) is 1.87. The van der Waals surface area contributed by atoms with Gasteiger partial charge in [0.15, 0.2) is 17.5 Å². The van der Waals surface area contributed by atoms with Crippen LogP contribution in [0.25, 0.3) is 0 Å². The molecule has 0 spiro atoms. The summed E-state index contributed by atoms with van der Waals surface area (Å²) in [6, 6.07) is 1.23. The molecular formula is C11H12F3NO2. The molecule has 0 fully saturated rings. The third-order valence-electron chi connectivity index (χ3n) is 2.07. The number of nitrogens with one attached hydrogen (secondary N) is 1. The van der Waals surface area contributed by atoms with Crippen LogP contribution in [-0.4, -0.2) is 25.7 Å². The lowest BCUT2D eigenvalue weighted by Crippen LogP contribution is -2.36. The quantitative estimate of drug-likeness (QED) is 0.825. The molecule has 1 aromatic rings. The van der Waals surface area contributed by atoms with Crippen LogP contribution in [0.15, 0.2) is 12.1 Å². The van der Waals surface area contributed by atoms with Crippen molar-refractivity contribution in [2.45, 2.75) is 13.0 Å². The van der Waals surface area contributed by atoms with Crippen molar-refractivity contribution in [3.8, 4) is 0 Å². The molecule has 0 bridgehead atoms. The fourth-order valence-corrected chi connectivity index (χ4v) is 1.29. The van der Waals surface area contributed by atoms with Crippen molar-refractivity contribution >= 4 is 5.91 Å². The van der Waals surface area contributed by atoms with Crippen LogP contribution in [0.4, 0.5) is 13.2 Å². The first-order valence-corrected chi connectivity index (χ1v) is 4.90. The monoisotopic (exact) mass is 247 g/mol. The van der Waals surface area contributed by atoms with Crippen molar-refractivity contribution in [1.82, 2.24) is 5.32 Å². The topological polar surface area (TPSA) is 38.3 Å². The van der Waals surface area contributed by atoms with Crippen LogP contribution in [0.5, 0.6) is 0 Å². The van der Waals surface area contributed by atoms with Gasteiger partial charge in [-0.2, -0.15) is 0 Å². The number of ether oxygens (including phenoxy) is 1. The van der Waals surface area contributed by atoms with Gasteiger partial charge in [-0.3, -0.25) is 4.79 Å². The molecule has 0 radical (unpaired) electrons. The predicted molar refractivity (Wildman–Crippen MR) is 55.1 cm³/mol. The normalized spacial score (nSPS) is 12.3. The van der Waals surface area contributed by atoms with Crippen LogP contribution in [0.3, 0.4) is 0 Å². The number of methoxy groups -OCH3 is 1. The molecule has 1 rings (SSSR count). The Hall–Kier alpha value is -1.56. The molecule has 0 aliphatic rings. The van der Waals surface area contributed by atoms with Gasteiger partial charge in [-0.15, -0.1) is 0 Å². The summed E-state index contributed by atoms with van der Waals surface area (Å²) in [6.45, 7) is 1.87. The zero-order chi connectivity index (χ0) is 13.0. The lowest BCUT2D eigenvalue weighted by molar-refractivity contribution is 0.0900. The molecule has 0 saturated carbocycles. The van der Waals surface area contributed by atoms with E-state index in [0.29, 0.717) is 6.07 Å². The highest BCUT2D eigenvalue weighted by atomic mass is 19.2. The van der Waals surface area contributed by atoms with Crippen LogP contribution >= 0.6 is 0 Å². The Morgan fingerprint density at radius 1 is 1.35 bits per heavy atom. The number of rotatable bonds is 4. The molecular weight excluding hydrogens is 235 g/mol. The van der Waals surface area contributed by atoms with E-state index in [9.17, 15) is 18.0 Å². The van der Waals surface area contributed by atoms with Crippen LogP contribution in [-0.2, 0) is 4.74 Å². The van der Waals surface area contributed by atoms with Gasteiger partial charge in [0.1, 0.15) is 0 Å². The van der Waals surface area contributed by atoms with Crippen LogP contribution < -0.4 is 5.32 Å². The average Bonchev–Trinajstić information content (AvgIpc) is 2.26. The number of hydrogen-bond donors (Lipinski definition) is 1. The van der Waals surface area contributed by atoms with Crippen molar-refractivity contribution < 1.29 is 22.7 Å². The second-order valence-electron chi connectivity index (χ2n) is 3.55. The highest BCUT2D eigenvalue weighted by molar-refractivity contribution is 5.94. The van der Waals surface area contributed by atoms with Crippen LogP contribution in [0, 0.1) is 17.5 Å². The SMILES string of the molecule is COC[C@H](C)NC(=O)c1ccc(F)c(F)c1F. The number of carbonyl (C=O) groups excluding carboxylic acids is 1. The molecule has 0 aliphatic carbocycles. The van der Waals surface area contributed by atoms with Gasteiger partial charge in [0.05, 0.1) is 12.2 Å². The zero-order valence-corrected chi connectivity index (χ0v) is 9.39. The average molecular weight is 247 g/mol. The van der Waals surface area contributed by atoms with E-state index >= 15 is 0 Å². The Bertz CT molecular complexity index is 423. The molecule has 6 heteroatoms. The first-order valence-electron chi connectivity index (χ1n) is 4.90. The molecule has 1 N–H and O–H groups in total. The van der Waals surface area contributed by atoms with Crippen molar-refractivity contribution in [2.24, 2.45) is 0 Å². The number of benzene rings is 1. The van der Waals surface area contributed by atoms with Gasteiger partial charge in [-0.25, -0.2) is 13.2 Å². The molecule has 1 aromatic carbocycles. The molecule has 0 aliphatic heterocycles. The Morgan fingerprint density at radius 2 is 2.00 bits per heavy atom. The van der Waals surface area contributed by atoms with Crippen molar-refractivity contribution in [3.63, 3.8) is 0 Å². The van der Waals surface area contributed by atoms with E-state index in [4.69, 9.17) is 4.74 Å². The molecule has 0 aromatic heterocycles. The van der Waals surface area contributed by atoms with Gasteiger partial charge >= 0.3 is 0 Å². The molecule has 1 atom stereocenters. The summed E-state index contributed by atoms with van der Waals surface area (Å²) in [7, 11) is 1.45. The standard InChI is InChI=1S/C11H12F3NO2/c1-6(5-17-2)15-11(16)7-3-4-8(12)10(14)9(7)13/h3-4,6H,5H2,1-2H3,(H,15,16)/t6-/m0/s1. The van der Waals surface area contributed by atoms with Gasteiger partial charge in [-0.05, 0) is 19.1 Å². The Kier molecular flexibility index (Phi) is 4.51. The second kappa shape index (κ2) is 5.67. The summed E-state index contributed by atoms with van der Waals surface area (Å²) in [5.41, 5.74) is -0.535. The van der Waals surface area contributed by atoms with E-state index in [1.54, 1.807) is 6.92 Å². The molecule has 0 saturated heterocycles. The van der Waals surface area contributed by atoms with E-state index in [-0.39, 0.29) is 12.6 Å². The lowest BCUT2D eigenvalue weighted by atomic mass is 10.1. The third-order valence-corrected chi connectivity index (χ3v) is 2.07. The number of hydrogen-bond acceptors (Lipinski definition) is 2. The maximum atomic E-state index is 13.2. The lowest BCUT2D eigenvalue weighted by Gasteiger charge is -2.13. The first kappa shape index (κ1) is 13.5. The summed E-state index contributed by atoms with van der Waals surface area (Å²) >= 11 is 0. The summed E-state index contributed by atoms with van der Waals surface area (Å²) in [5, 5.41) is 2.39. The minimum absolute atomic E-state index is 0.233. The number of amides is 1. The minimum atomic E-state index is -1.66. The van der Waals surface area contributed by atoms with Crippen LogP contribution in [0.1, 0.15) is 17.3 Å². The Labute approximate surface area is 96.6 Å². The molecule has 0 heterocycles. The van der Waals surface area contributed by atoms with Gasteiger partial charge < -0.3 is 10.1 Å². The fourth-order valence-electron chi connectivity index (χ4n) is 1.29. The summed E-state index contributed by atoms with van der Waals surface area (Å²) in [6.07, 6.45) is 0. The fraction of sp³-hybridized carbons (Fsp3) is 0.364. The van der Waals surface area contributed by atoms with E-state index in [1.807, 2.05) is 0 Å². The maximum absolute atomic E-state index is 13.2. The van der Waals surface area contributed by atoms with Crippen molar-refractivity contribution in [3.05, 3.63) is 35.1 Å². The zero-order valence-electron chi connectivity index (χ0n) is 9.39. The summed E-state index contributed by atoms with van der Waals surface area (Å²) in [5.74, 6) is -5.29. The van der Waals surface area contributed by atoms with Gasteiger partial charge in [0, 0.05) is 13.2 Å². The summed E-state index contributed by atoms with van der Waals surface area (Å²) in [4.78, 5) is 11.5. The van der Waals surface area contributed by atoms with E-state index in [2.05, 4.69) is 5.32 Å². The Morgan fingerprint density at radius 3 is 2.59 bits per heavy atom. The maximum Gasteiger partial charge on any atom is 0.254 e. The molecule has 3 nitrogen and oxygen atoms in total. The smallest absolute Gasteiger partial charge is 0.254 e. The number of halogens is 3. The largest absolute Gasteiger partial charge is 0.383 e. The van der Waals surface area contributed by atoms with Crippen LogP contribution in [0.2, 0.25) is 0 Å². The first-order chi connectivity index (χ1) is 7.97. The highest BCUT2D eigenvalue weighted by Crippen LogP contribution is 2.15. The van der Waals surface area contributed by atoms with Gasteiger partial charge in [0.2, 0.25) is 0 Å². The van der Waals surface area contributed by atoms with E-state index in [0.717, 1.165) is 6.07 Å². The third kappa shape index (κ3) is 3.20. The molecule has 0 unspecified atom stereocenters. The van der Waals surface area contributed by atoms with Gasteiger partial charge in [-0.1, -0.05) is 0 Å². The summed E-state index contributed by atoms with van der Waals surface area (Å²) < 4.78 is 43.5. The van der Waals surface area contributed by atoms with Crippen molar-refractivity contribution in [2.75, 3.05) is 13.7 Å². The molecule has 1 amide bonds. The second-order valence-corrected chi connectivity index (χ2v) is 3.55. The molecule has 17 heavy (non-hydrogen) atoms. The van der Waals surface area contributed by atoms with Gasteiger partial charge in [0.25, 0.3) is 5.91 Å².